The fourth-order valence-electron chi connectivity index (χ4n) is 2.85. The van der Waals surface area contributed by atoms with Crippen LogP contribution in [-0.2, 0) is 0 Å². The standard InChI is InChI=1S/C19H13N5O2/c1-25-14-6-4-12(5-7-14)16-9-15-18-22-17(13-3-2-8-20-10-13)23-24(18)11-21-19(15)26-16/h2-11H,1H3. The first-order chi connectivity index (χ1) is 12.8. The molecule has 0 spiro atoms. The van der Waals surface area contributed by atoms with Gasteiger partial charge in [-0.2, -0.15) is 0 Å². The van der Waals surface area contributed by atoms with Crippen LogP contribution in [0.2, 0.25) is 0 Å². The summed E-state index contributed by atoms with van der Waals surface area (Å²) in [6.07, 6.45) is 5.06. The van der Waals surface area contributed by atoms with Crippen molar-refractivity contribution in [2.24, 2.45) is 0 Å². The van der Waals surface area contributed by atoms with Gasteiger partial charge in [0.25, 0.3) is 0 Å². The van der Waals surface area contributed by atoms with Crippen molar-refractivity contribution in [1.29, 1.82) is 0 Å². The third kappa shape index (κ3) is 2.29. The monoisotopic (exact) mass is 343 g/mol. The van der Waals surface area contributed by atoms with Crippen LogP contribution in [0.1, 0.15) is 0 Å². The fraction of sp³-hybridized carbons (Fsp3) is 0.0526. The zero-order chi connectivity index (χ0) is 17.5. The largest absolute Gasteiger partial charge is 0.497 e. The molecule has 0 unspecified atom stereocenters. The molecule has 0 aliphatic rings. The van der Waals surface area contributed by atoms with Gasteiger partial charge in [-0.05, 0) is 42.5 Å². The summed E-state index contributed by atoms with van der Waals surface area (Å²) in [6.45, 7) is 0. The highest BCUT2D eigenvalue weighted by Gasteiger charge is 2.15. The van der Waals surface area contributed by atoms with Crippen LogP contribution in [0.3, 0.4) is 0 Å². The van der Waals surface area contributed by atoms with Gasteiger partial charge in [-0.3, -0.25) is 4.98 Å². The number of hydrogen-bond acceptors (Lipinski definition) is 6. The Morgan fingerprint density at radius 3 is 2.73 bits per heavy atom. The van der Waals surface area contributed by atoms with E-state index in [0.29, 0.717) is 22.9 Å². The van der Waals surface area contributed by atoms with E-state index in [1.165, 1.54) is 0 Å². The number of ether oxygens (including phenoxy) is 1. The number of methoxy groups -OCH3 is 1. The minimum Gasteiger partial charge on any atom is -0.497 e. The van der Waals surface area contributed by atoms with Crippen LogP contribution < -0.4 is 4.74 Å². The van der Waals surface area contributed by atoms with E-state index in [2.05, 4.69) is 20.1 Å². The lowest BCUT2D eigenvalue weighted by atomic mass is 10.1. The molecule has 4 heterocycles. The first kappa shape index (κ1) is 14.6. The first-order valence-corrected chi connectivity index (χ1v) is 8.01. The molecule has 26 heavy (non-hydrogen) atoms. The van der Waals surface area contributed by atoms with E-state index in [9.17, 15) is 0 Å². The molecule has 5 aromatic rings. The molecule has 0 fully saturated rings. The predicted molar refractivity (Wildman–Crippen MR) is 95.8 cm³/mol. The summed E-state index contributed by atoms with van der Waals surface area (Å²) < 4.78 is 12.8. The first-order valence-electron chi connectivity index (χ1n) is 8.01. The number of benzene rings is 1. The average Bonchev–Trinajstić information content (AvgIpc) is 3.32. The molecule has 0 amide bonds. The van der Waals surface area contributed by atoms with Gasteiger partial charge >= 0.3 is 0 Å². The Morgan fingerprint density at radius 2 is 1.96 bits per heavy atom. The molecule has 7 nitrogen and oxygen atoms in total. The Labute approximate surface area is 147 Å². The van der Waals surface area contributed by atoms with Gasteiger partial charge in [0.05, 0.1) is 12.5 Å². The minimum absolute atomic E-state index is 0.522. The number of aromatic nitrogens is 5. The Morgan fingerprint density at radius 1 is 1.08 bits per heavy atom. The van der Waals surface area contributed by atoms with E-state index in [-0.39, 0.29) is 0 Å². The van der Waals surface area contributed by atoms with Gasteiger partial charge in [0.2, 0.25) is 5.71 Å². The van der Waals surface area contributed by atoms with E-state index < -0.39 is 0 Å². The van der Waals surface area contributed by atoms with E-state index in [1.807, 2.05) is 42.5 Å². The zero-order valence-electron chi connectivity index (χ0n) is 13.8. The molecule has 0 aliphatic carbocycles. The molecule has 0 saturated carbocycles. The quantitative estimate of drug-likeness (QED) is 0.498. The average molecular weight is 343 g/mol. The molecule has 1 aromatic carbocycles. The number of rotatable bonds is 3. The van der Waals surface area contributed by atoms with Crippen molar-refractivity contribution in [2.45, 2.75) is 0 Å². The second-order valence-electron chi connectivity index (χ2n) is 5.75. The molecule has 0 atom stereocenters. The normalized spacial score (nSPS) is 11.3. The molecule has 0 aliphatic heterocycles. The molecule has 0 N–H and O–H groups in total. The van der Waals surface area contributed by atoms with Crippen molar-refractivity contribution in [3.63, 3.8) is 0 Å². The maximum Gasteiger partial charge on any atom is 0.231 e. The number of furan rings is 1. The highest BCUT2D eigenvalue weighted by Crippen LogP contribution is 2.30. The number of fused-ring (bicyclic) bond motifs is 3. The van der Waals surface area contributed by atoms with Crippen LogP contribution in [0.4, 0.5) is 0 Å². The Kier molecular flexibility index (Phi) is 3.18. The second kappa shape index (κ2) is 5.66. The summed E-state index contributed by atoms with van der Waals surface area (Å²) in [6, 6.07) is 13.4. The predicted octanol–water partition coefficient (Wildman–Crippen LogP) is 3.61. The van der Waals surface area contributed by atoms with Gasteiger partial charge in [0, 0.05) is 23.5 Å². The minimum atomic E-state index is 0.522. The van der Waals surface area contributed by atoms with Crippen LogP contribution in [0.15, 0.2) is 65.6 Å². The Bertz CT molecular complexity index is 1210. The molecule has 0 radical (unpaired) electrons. The lowest BCUT2D eigenvalue weighted by Crippen LogP contribution is -1.89. The van der Waals surface area contributed by atoms with Gasteiger partial charge in [-0.15, -0.1) is 5.10 Å². The lowest BCUT2D eigenvalue weighted by Gasteiger charge is -1.99. The topological polar surface area (TPSA) is 78.3 Å². The molecule has 4 aromatic heterocycles. The molecule has 126 valence electrons. The van der Waals surface area contributed by atoms with Crippen molar-refractivity contribution in [1.82, 2.24) is 24.6 Å². The maximum atomic E-state index is 5.91. The molecular weight excluding hydrogens is 330 g/mol. The number of hydrogen-bond donors (Lipinski definition) is 0. The van der Waals surface area contributed by atoms with Crippen molar-refractivity contribution in [3.05, 3.63) is 61.2 Å². The van der Waals surface area contributed by atoms with E-state index >= 15 is 0 Å². The van der Waals surface area contributed by atoms with Gasteiger partial charge in [-0.25, -0.2) is 14.5 Å². The number of pyridine rings is 1. The maximum absolute atomic E-state index is 5.91. The third-order valence-electron chi connectivity index (χ3n) is 4.16. The molecular formula is C19H13N5O2. The zero-order valence-corrected chi connectivity index (χ0v) is 13.8. The molecule has 0 saturated heterocycles. The SMILES string of the molecule is COc1ccc(-c2cc3c(ncn4nc(-c5cccnc5)nc34)o2)cc1. The summed E-state index contributed by atoms with van der Waals surface area (Å²) in [5.41, 5.74) is 3.00. The molecule has 5 rings (SSSR count). The molecule has 0 bridgehead atoms. The van der Waals surface area contributed by atoms with E-state index in [0.717, 1.165) is 22.3 Å². The van der Waals surface area contributed by atoms with Crippen molar-refractivity contribution >= 4 is 16.7 Å². The fourth-order valence-corrected chi connectivity index (χ4v) is 2.85. The van der Waals surface area contributed by atoms with Gasteiger partial charge in [-0.1, -0.05) is 0 Å². The summed E-state index contributed by atoms with van der Waals surface area (Å²) in [4.78, 5) is 13.1. The van der Waals surface area contributed by atoms with Crippen LogP contribution in [0.25, 0.3) is 39.5 Å². The highest BCUT2D eigenvalue weighted by atomic mass is 16.5. The van der Waals surface area contributed by atoms with Crippen LogP contribution in [-0.4, -0.2) is 31.7 Å². The van der Waals surface area contributed by atoms with Gasteiger partial charge < -0.3 is 9.15 Å². The lowest BCUT2D eigenvalue weighted by molar-refractivity contribution is 0.415. The Hall–Kier alpha value is -3.74. The van der Waals surface area contributed by atoms with Crippen LogP contribution in [0.5, 0.6) is 5.75 Å². The van der Waals surface area contributed by atoms with Gasteiger partial charge in [0.15, 0.2) is 11.5 Å². The van der Waals surface area contributed by atoms with Crippen LogP contribution >= 0.6 is 0 Å². The van der Waals surface area contributed by atoms with E-state index in [1.54, 1.807) is 30.3 Å². The van der Waals surface area contributed by atoms with Crippen molar-refractivity contribution in [2.75, 3.05) is 7.11 Å². The summed E-state index contributed by atoms with van der Waals surface area (Å²) in [7, 11) is 1.64. The number of nitrogens with zero attached hydrogens (tertiary/aromatic N) is 5. The smallest absolute Gasteiger partial charge is 0.231 e. The van der Waals surface area contributed by atoms with Gasteiger partial charge in [0.1, 0.15) is 17.8 Å². The van der Waals surface area contributed by atoms with Crippen molar-refractivity contribution in [3.8, 4) is 28.5 Å². The molecule has 7 heteroatoms. The van der Waals surface area contributed by atoms with Crippen LogP contribution in [0, 0.1) is 0 Å². The summed E-state index contributed by atoms with van der Waals surface area (Å²) >= 11 is 0. The second-order valence-corrected chi connectivity index (χ2v) is 5.75. The summed E-state index contributed by atoms with van der Waals surface area (Å²) in [5.74, 6) is 2.11. The summed E-state index contributed by atoms with van der Waals surface area (Å²) in [5, 5.41) is 5.29. The highest BCUT2D eigenvalue weighted by molar-refractivity contribution is 5.91. The van der Waals surface area contributed by atoms with Crippen molar-refractivity contribution < 1.29 is 9.15 Å². The Balaban J connectivity index is 1.65. The van der Waals surface area contributed by atoms with E-state index in [4.69, 9.17) is 9.15 Å². The third-order valence-corrected chi connectivity index (χ3v) is 4.16.